The zero-order valence-corrected chi connectivity index (χ0v) is 14.6. The third kappa shape index (κ3) is 8.55. The Balaban J connectivity index is 4.82. The average Bonchev–Trinajstić information content (AvgIpc) is 2.41. The summed E-state index contributed by atoms with van der Waals surface area (Å²) in [5.41, 5.74) is 0. The predicted octanol–water partition coefficient (Wildman–Crippen LogP) is 0.181. The molecule has 2 amide bonds. The minimum Gasteiger partial charge on any atom is -0.388 e. The molecule has 0 radical (unpaired) electrons. The van der Waals surface area contributed by atoms with E-state index in [0.29, 0.717) is 0 Å². The molecule has 0 aromatic rings. The summed E-state index contributed by atoms with van der Waals surface area (Å²) in [6.45, 7) is 6.73. The lowest BCUT2D eigenvalue weighted by atomic mass is 10.1. The molecule has 0 bridgehead atoms. The fourth-order valence-electron chi connectivity index (χ4n) is 1.74. The molecule has 0 spiro atoms. The van der Waals surface area contributed by atoms with Gasteiger partial charge in [0.15, 0.2) is 0 Å². The Labute approximate surface area is 134 Å². The first-order valence-corrected chi connectivity index (χ1v) is 9.04. The van der Waals surface area contributed by atoms with Gasteiger partial charge in [-0.1, -0.05) is 13.8 Å². The van der Waals surface area contributed by atoms with Crippen LogP contribution < -0.4 is 10.6 Å². The molecule has 0 aliphatic rings. The Kier molecular flexibility index (Phi) is 10.9. The monoisotopic (exact) mass is 338 g/mol. The van der Waals surface area contributed by atoms with Crippen LogP contribution in [0.25, 0.3) is 0 Å². The zero-order valence-electron chi connectivity index (χ0n) is 13.0. The largest absolute Gasteiger partial charge is 0.388 e. The summed E-state index contributed by atoms with van der Waals surface area (Å²) in [5, 5.41) is 25.8. The van der Waals surface area contributed by atoms with Gasteiger partial charge in [0.2, 0.25) is 11.8 Å². The van der Waals surface area contributed by atoms with E-state index in [1.165, 1.54) is 13.8 Å². The van der Waals surface area contributed by atoms with Gasteiger partial charge in [0.05, 0.1) is 10.6 Å². The van der Waals surface area contributed by atoms with Gasteiger partial charge in [-0.2, -0.15) is 0 Å². The number of aliphatic hydroxyl groups excluding tert-OH is 2. The summed E-state index contributed by atoms with van der Waals surface area (Å²) < 4.78 is -0.177. The highest BCUT2D eigenvalue weighted by Crippen LogP contribution is 2.28. The zero-order chi connectivity index (χ0) is 16.4. The van der Waals surface area contributed by atoms with Crippen molar-refractivity contribution in [3.63, 3.8) is 0 Å². The van der Waals surface area contributed by atoms with Crippen molar-refractivity contribution in [3.05, 3.63) is 0 Å². The summed E-state index contributed by atoms with van der Waals surface area (Å²) in [6.07, 6.45) is -2.14. The molecule has 0 saturated carbocycles. The first-order chi connectivity index (χ1) is 9.83. The topological polar surface area (TPSA) is 98.7 Å². The van der Waals surface area contributed by atoms with Crippen molar-refractivity contribution in [3.8, 4) is 0 Å². The van der Waals surface area contributed by atoms with Crippen molar-refractivity contribution >= 4 is 35.3 Å². The molecule has 21 heavy (non-hydrogen) atoms. The summed E-state index contributed by atoms with van der Waals surface area (Å²) in [4.78, 5) is 22.2. The standard InChI is InChI=1S/C13H26N2O4S2/c1-5-20-13(21-6-2)12(19)11(18)10(15-9(4)17)7-14-8(3)16/h10-13,18-19H,5-7H2,1-4H3,(H,14,16)(H,15,17). The highest BCUT2D eigenvalue weighted by Gasteiger charge is 2.32. The van der Waals surface area contributed by atoms with Crippen molar-refractivity contribution in [1.82, 2.24) is 10.6 Å². The van der Waals surface area contributed by atoms with Crippen molar-refractivity contribution < 1.29 is 19.8 Å². The number of carbonyl (C=O) groups is 2. The maximum atomic E-state index is 11.2. The number of aliphatic hydroxyl groups is 2. The van der Waals surface area contributed by atoms with Gasteiger partial charge in [-0.15, -0.1) is 23.5 Å². The fourth-order valence-corrected chi connectivity index (χ4v) is 4.32. The molecule has 0 aliphatic heterocycles. The van der Waals surface area contributed by atoms with Crippen LogP contribution >= 0.6 is 23.5 Å². The van der Waals surface area contributed by atoms with E-state index in [2.05, 4.69) is 10.6 Å². The van der Waals surface area contributed by atoms with Crippen molar-refractivity contribution in [1.29, 1.82) is 0 Å². The van der Waals surface area contributed by atoms with E-state index in [1.54, 1.807) is 23.5 Å². The molecule has 124 valence electrons. The third-order valence-corrected chi connectivity index (χ3v) is 5.36. The van der Waals surface area contributed by atoms with Gasteiger partial charge in [0.1, 0.15) is 12.2 Å². The highest BCUT2D eigenvalue weighted by atomic mass is 32.2. The Hall–Kier alpha value is -0.440. The number of thioether (sulfide) groups is 2. The van der Waals surface area contributed by atoms with Crippen molar-refractivity contribution in [2.24, 2.45) is 0 Å². The molecule has 0 aliphatic carbocycles. The van der Waals surface area contributed by atoms with Gasteiger partial charge in [-0.05, 0) is 11.5 Å². The van der Waals surface area contributed by atoms with Crippen LogP contribution in [-0.2, 0) is 9.59 Å². The van der Waals surface area contributed by atoms with E-state index >= 15 is 0 Å². The number of amides is 2. The second kappa shape index (κ2) is 11.2. The van der Waals surface area contributed by atoms with Crippen LogP contribution in [-0.4, -0.2) is 62.9 Å². The van der Waals surface area contributed by atoms with E-state index in [9.17, 15) is 19.8 Å². The van der Waals surface area contributed by atoms with Crippen LogP contribution in [0.2, 0.25) is 0 Å². The van der Waals surface area contributed by atoms with Crippen molar-refractivity contribution in [2.75, 3.05) is 18.1 Å². The molecule has 0 heterocycles. The fraction of sp³-hybridized carbons (Fsp3) is 0.846. The van der Waals surface area contributed by atoms with Gasteiger partial charge in [0.25, 0.3) is 0 Å². The minimum atomic E-state index is -1.15. The van der Waals surface area contributed by atoms with Gasteiger partial charge < -0.3 is 20.8 Å². The second-order valence-corrected chi connectivity index (χ2v) is 7.64. The molecule has 4 N–H and O–H groups in total. The maximum Gasteiger partial charge on any atom is 0.217 e. The van der Waals surface area contributed by atoms with Gasteiger partial charge in [-0.25, -0.2) is 0 Å². The van der Waals surface area contributed by atoms with Gasteiger partial charge in [0, 0.05) is 20.4 Å². The van der Waals surface area contributed by atoms with E-state index in [1.807, 2.05) is 13.8 Å². The molecule has 0 saturated heterocycles. The third-order valence-electron chi connectivity index (χ3n) is 2.66. The van der Waals surface area contributed by atoms with E-state index < -0.39 is 18.2 Å². The number of nitrogens with one attached hydrogen (secondary N) is 2. The summed E-state index contributed by atoms with van der Waals surface area (Å²) in [6, 6.07) is -0.723. The van der Waals surface area contributed by atoms with E-state index in [4.69, 9.17) is 0 Å². The molecule has 0 aromatic heterocycles. The molecule has 3 unspecified atom stereocenters. The molecule has 0 fully saturated rings. The SMILES string of the molecule is CCSC(SCC)C(O)C(O)C(CNC(C)=O)NC(C)=O. The van der Waals surface area contributed by atoms with Crippen LogP contribution in [0.1, 0.15) is 27.7 Å². The summed E-state index contributed by atoms with van der Waals surface area (Å²) in [5.74, 6) is 1.06. The Morgan fingerprint density at radius 2 is 1.52 bits per heavy atom. The van der Waals surface area contributed by atoms with Crippen LogP contribution in [0.4, 0.5) is 0 Å². The van der Waals surface area contributed by atoms with Gasteiger partial charge in [-0.3, -0.25) is 9.59 Å². The van der Waals surface area contributed by atoms with Crippen LogP contribution in [0.3, 0.4) is 0 Å². The lowest BCUT2D eigenvalue weighted by molar-refractivity contribution is -0.123. The molecule has 0 aromatic carbocycles. The number of carbonyl (C=O) groups excluding carboxylic acids is 2. The predicted molar refractivity (Wildman–Crippen MR) is 88.4 cm³/mol. The molecule has 6 nitrogen and oxygen atoms in total. The lowest BCUT2D eigenvalue weighted by Gasteiger charge is -2.31. The Morgan fingerprint density at radius 3 is 1.90 bits per heavy atom. The minimum absolute atomic E-state index is 0.0768. The highest BCUT2D eigenvalue weighted by molar-refractivity contribution is 8.17. The number of hydrogen-bond donors (Lipinski definition) is 4. The first-order valence-electron chi connectivity index (χ1n) is 6.94. The maximum absolute atomic E-state index is 11.2. The average molecular weight is 338 g/mol. The lowest BCUT2D eigenvalue weighted by Crippen LogP contribution is -2.55. The molecule has 3 atom stereocenters. The molecule has 0 rings (SSSR count). The quantitative estimate of drug-likeness (QED) is 0.424. The summed E-state index contributed by atoms with van der Waals surface area (Å²) in [7, 11) is 0. The van der Waals surface area contributed by atoms with E-state index in [0.717, 1.165) is 11.5 Å². The Bertz CT molecular complexity index is 325. The molecular formula is C13H26N2O4S2. The summed E-state index contributed by atoms with van der Waals surface area (Å²) >= 11 is 3.10. The number of hydrogen-bond acceptors (Lipinski definition) is 6. The first kappa shape index (κ1) is 20.6. The van der Waals surface area contributed by atoms with Crippen LogP contribution in [0, 0.1) is 0 Å². The Morgan fingerprint density at radius 1 is 1.00 bits per heavy atom. The smallest absolute Gasteiger partial charge is 0.217 e. The van der Waals surface area contributed by atoms with Crippen LogP contribution in [0.15, 0.2) is 0 Å². The molecular weight excluding hydrogens is 312 g/mol. The van der Waals surface area contributed by atoms with E-state index in [-0.39, 0.29) is 22.9 Å². The van der Waals surface area contributed by atoms with Gasteiger partial charge >= 0.3 is 0 Å². The second-order valence-electron chi connectivity index (χ2n) is 4.50. The van der Waals surface area contributed by atoms with Crippen molar-refractivity contribution in [2.45, 2.75) is 50.5 Å². The molecule has 8 heteroatoms. The number of rotatable bonds is 10. The van der Waals surface area contributed by atoms with Crippen LogP contribution in [0.5, 0.6) is 0 Å². The normalized spacial score (nSPS) is 15.4.